The fourth-order valence-corrected chi connectivity index (χ4v) is 4.26. The summed E-state index contributed by atoms with van der Waals surface area (Å²) < 4.78 is 7.95. The van der Waals surface area contributed by atoms with Crippen LogP contribution >= 0.6 is 11.6 Å². The molecule has 0 atom stereocenters. The summed E-state index contributed by atoms with van der Waals surface area (Å²) >= 11 is 6.29. The fraction of sp³-hybridized carbons (Fsp3) is 0.231. The lowest BCUT2D eigenvalue weighted by atomic mass is 9.94. The van der Waals surface area contributed by atoms with Crippen LogP contribution in [0.2, 0.25) is 5.02 Å². The molecule has 2 heterocycles. The number of ether oxygens (including phenoxy) is 1. The third-order valence-corrected chi connectivity index (χ3v) is 5.85. The number of nitrogens with zero attached hydrogens (tertiary/aromatic N) is 3. The molecule has 0 unspecified atom stereocenters. The lowest BCUT2D eigenvalue weighted by molar-refractivity contribution is 0.0513. The Bertz CT molecular complexity index is 1450. The first-order valence-corrected chi connectivity index (χ1v) is 11.4. The van der Waals surface area contributed by atoms with Crippen molar-refractivity contribution in [2.45, 2.75) is 26.8 Å². The van der Waals surface area contributed by atoms with E-state index < -0.39 is 5.97 Å². The summed E-state index contributed by atoms with van der Waals surface area (Å²) in [5.41, 5.74) is 2.14. The molecule has 0 amide bonds. The molecule has 0 fully saturated rings. The summed E-state index contributed by atoms with van der Waals surface area (Å²) in [4.78, 5) is 39.2. The van der Waals surface area contributed by atoms with E-state index in [4.69, 9.17) is 16.3 Å². The second kappa shape index (κ2) is 9.65. The summed E-state index contributed by atoms with van der Waals surface area (Å²) in [5.74, 6) is -0.682. The standard InChI is InChI=1S/C26H24ClN3O4/c1-4-22(31)24-23(16-9-7-6-8-10-16)20-13-17(27)11-12-19(20)25(32)30(24)15-18-14-21(29(3)28-18)26(33)34-5-2/h6-14H,4-5,15H2,1-3H3. The van der Waals surface area contributed by atoms with Crippen molar-refractivity contribution in [2.24, 2.45) is 7.05 Å². The maximum atomic E-state index is 13.6. The van der Waals surface area contributed by atoms with E-state index in [2.05, 4.69) is 5.10 Å². The van der Waals surface area contributed by atoms with E-state index in [9.17, 15) is 14.4 Å². The van der Waals surface area contributed by atoms with Gasteiger partial charge in [0.15, 0.2) is 5.78 Å². The van der Waals surface area contributed by atoms with Gasteiger partial charge in [0.05, 0.1) is 24.5 Å². The van der Waals surface area contributed by atoms with Gasteiger partial charge in [0.1, 0.15) is 5.69 Å². The van der Waals surface area contributed by atoms with Gasteiger partial charge in [-0.3, -0.25) is 18.8 Å². The number of esters is 1. The molecule has 4 rings (SSSR count). The summed E-state index contributed by atoms with van der Waals surface area (Å²) in [7, 11) is 1.63. The monoisotopic (exact) mass is 477 g/mol. The van der Waals surface area contributed by atoms with Crippen LogP contribution in [0.3, 0.4) is 0 Å². The molecule has 0 N–H and O–H groups in total. The predicted molar refractivity (Wildman–Crippen MR) is 132 cm³/mol. The molecule has 2 aromatic heterocycles. The maximum absolute atomic E-state index is 13.6. The van der Waals surface area contributed by atoms with Crippen LogP contribution < -0.4 is 5.56 Å². The Labute approximate surface area is 201 Å². The van der Waals surface area contributed by atoms with Crippen LogP contribution in [0.15, 0.2) is 59.4 Å². The zero-order valence-corrected chi connectivity index (χ0v) is 19.9. The highest BCUT2D eigenvalue weighted by Gasteiger charge is 2.24. The molecule has 8 heteroatoms. The van der Waals surface area contributed by atoms with Gasteiger partial charge in [0.25, 0.3) is 5.56 Å². The summed E-state index contributed by atoms with van der Waals surface area (Å²) in [5, 5.41) is 5.93. The molecule has 2 aromatic carbocycles. The molecule has 0 radical (unpaired) electrons. The van der Waals surface area contributed by atoms with Crippen LogP contribution in [-0.4, -0.2) is 32.7 Å². The third kappa shape index (κ3) is 4.26. The zero-order chi connectivity index (χ0) is 24.4. The first kappa shape index (κ1) is 23.4. The van der Waals surface area contributed by atoms with Crippen molar-refractivity contribution < 1.29 is 14.3 Å². The number of aryl methyl sites for hydroxylation is 1. The van der Waals surface area contributed by atoms with Crippen LogP contribution in [-0.2, 0) is 18.3 Å². The van der Waals surface area contributed by atoms with E-state index in [-0.39, 0.29) is 42.3 Å². The topological polar surface area (TPSA) is 83.2 Å². The summed E-state index contributed by atoms with van der Waals surface area (Å²) in [6.07, 6.45) is 0.210. The fourth-order valence-electron chi connectivity index (χ4n) is 4.09. The number of ketones is 1. The average Bonchev–Trinajstić information content (AvgIpc) is 3.20. The van der Waals surface area contributed by atoms with Crippen LogP contribution in [0, 0.1) is 0 Å². The van der Waals surface area contributed by atoms with Crippen molar-refractivity contribution in [3.8, 4) is 11.1 Å². The summed E-state index contributed by atoms with van der Waals surface area (Å²) in [6, 6.07) is 16.1. The number of pyridine rings is 1. The number of hydrogen-bond donors (Lipinski definition) is 0. The third-order valence-electron chi connectivity index (χ3n) is 5.62. The second-order valence-electron chi connectivity index (χ2n) is 7.81. The van der Waals surface area contributed by atoms with E-state index in [1.807, 2.05) is 30.3 Å². The van der Waals surface area contributed by atoms with Crippen LogP contribution in [0.4, 0.5) is 0 Å². The highest BCUT2D eigenvalue weighted by molar-refractivity contribution is 6.31. The van der Waals surface area contributed by atoms with E-state index in [1.54, 1.807) is 45.2 Å². The van der Waals surface area contributed by atoms with Crippen molar-refractivity contribution in [3.63, 3.8) is 0 Å². The lowest BCUT2D eigenvalue weighted by Crippen LogP contribution is -2.28. The SMILES string of the molecule is CCOC(=O)c1cc(Cn2c(C(=O)CC)c(-c3ccccc3)c3cc(Cl)ccc3c2=O)nn1C. The maximum Gasteiger partial charge on any atom is 0.356 e. The Hall–Kier alpha value is -3.71. The van der Waals surface area contributed by atoms with Gasteiger partial charge in [0, 0.05) is 29.4 Å². The smallest absolute Gasteiger partial charge is 0.356 e. The van der Waals surface area contributed by atoms with E-state index in [0.717, 1.165) is 5.56 Å². The number of rotatable bonds is 7. The molecule has 0 aliphatic carbocycles. The molecule has 0 saturated carbocycles. The minimum atomic E-state index is -0.501. The van der Waals surface area contributed by atoms with Gasteiger partial charge < -0.3 is 4.74 Å². The molecule has 0 aliphatic rings. The predicted octanol–water partition coefficient (Wildman–Crippen LogP) is 4.87. The van der Waals surface area contributed by atoms with Crippen molar-refractivity contribution in [3.05, 3.63) is 87.1 Å². The number of hydrogen-bond acceptors (Lipinski definition) is 5. The summed E-state index contributed by atoms with van der Waals surface area (Å²) in [6.45, 7) is 3.74. The molecule has 0 bridgehead atoms. The van der Waals surface area contributed by atoms with Crippen molar-refractivity contribution in [2.75, 3.05) is 6.61 Å². The Morgan fingerprint density at radius 1 is 1.03 bits per heavy atom. The van der Waals surface area contributed by atoms with Gasteiger partial charge in [-0.05, 0) is 42.1 Å². The normalized spacial score (nSPS) is 11.1. The molecule has 0 aliphatic heterocycles. The van der Waals surface area contributed by atoms with Gasteiger partial charge in [-0.15, -0.1) is 0 Å². The number of halogens is 1. The Morgan fingerprint density at radius 2 is 1.76 bits per heavy atom. The van der Waals surface area contributed by atoms with Crippen LogP contribution in [0.5, 0.6) is 0 Å². The average molecular weight is 478 g/mol. The van der Waals surface area contributed by atoms with Gasteiger partial charge >= 0.3 is 5.97 Å². The number of carbonyl (C=O) groups is 2. The van der Waals surface area contributed by atoms with Gasteiger partial charge in [0.2, 0.25) is 0 Å². The van der Waals surface area contributed by atoms with E-state index in [0.29, 0.717) is 27.1 Å². The number of carbonyl (C=O) groups excluding carboxylic acids is 2. The zero-order valence-electron chi connectivity index (χ0n) is 19.2. The van der Waals surface area contributed by atoms with Crippen molar-refractivity contribution in [1.29, 1.82) is 0 Å². The molecule has 0 spiro atoms. The number of aromatic nitrogens is 3. The Kier molecular flexibility index (Phi) is 6.65. The molecule has 0 saturated heterocycles. The van der Waals surface area contributed by atoms with Crippen LogP contribution in [0.25, 0.3) is 21.9 Å². The lowest BCUT2D eigenvalue weighted by Gasteiger charge is -2.19. The van der Waals surface area contributed by atoms with E-state index >= 15 is 0 Å². The van der Waals surface area contributed by atoms with Crippen molar-refractivity contribution in [1.82, 2.24) is 14.3 Å². The first-order chi connectivity index (χ1) is 16.3. The number of Topliss-reactive ketones (excluding diaryl/α,β-unsaturated/α-hetero) is 1. The largest absolute Gasteiger partial charge is 0.461 e. The second-order valence-corrected chi connectivity index (χ2v) is 8.25. The van der Waals surface area contributed by atoms with E-state index in [1.165, 1.54) is 9.25 Å². The minimum absolute atomic E-state index is 0.0194. The molecule has 4 aromatic rings. The molecule has 7 nitrogen and oxygen atoms in total. The quantitative estimate of drug-likeness (QED) is 0.280. The molecular weight excluding hydrogens is 454 g/mol. The minimum Gasteiger partial charge on any atom is -0.461 e. The van der Waals surface area contributed by atoms with Crippen molar-refractivity contribution >= 4 is 34.1 Å². The molecular formula is C26H24ClN3O4. The Morgan fingerprint density at radius 3 is 2.44 bits per heavy atom. The number of benzene rings is 2. The van der Waals surface area contributed by atoms with Gasteiger partial charge in [-0.25, -0.2) is 4.79 Å². The van der Waals surface area contributed by atoms with Crippen LogP contribution in [0.1, 0.15) is 46.9 Å². The van der Waals surface area contributed by atoms with Gasteiger partial charge in [-0.1, -0.05) is 48.9 Å². The number of fused-ring (bicyclic) bond motifs is 1. The highest BCUT2D eigenvalue weighted by Crippen LogP contribution is 2.33. The molecule has 34 heavy (non-hydrogen) atoms. The Balaban J connectivity index is 2.01. The highest BCUT2D eigenvalue weighted by atomic mass is 35.5. The van der Waals surface area contributed by atoms with Gasteiger partial charge in [-0.2, -0.15) is 5.10 Å². The first-order valence-electron chi connectivity index (χ1n) is 11.0. The molecule has 174 valence electrons.